The minimum atomic E-state index is -0.473. The Morgan fingerprint density at radius 3 is 2.54 bits per heavy atom. The number of hydrogen-bond donors (Lipinski definition) is 2. The van der Waals surface area contributed by atoms with Crippen LogP contribution >= 0.6 is 0 Å². The number of para-hydroxylation sites is 1. The van der Waals surface area contributed by atoms with Gasteiger partial charge in [0.2, 0.25) is 0 Å². The van der Waals surface area contributed by atoms with Crippen LogP contribution in [0.4, 0.5) is 11.4 Å². The normalized spacial score (nSPS) is 11.0. The van der Waals surface area contributed by atoms with Crippen molar-refractivity contribution in [2.45, 2.75) is 26.7 Å². The predicted octanol–water partition coefficient (Wildman–Crippen LogP) is 4.59. The van der Waals surface area contributed by atoms with Crippen LogP contribution in [-0.2, 0) is 4.79 Å². The van der Waals surface area contributed by atoms with Crippen molar-refractivity contribution in [1.82, 2.24) is 0 Å². The number of rotatable bonds is 7. The summed E-state index contributed by atoms with van der Waals surface area (Å²) in [5.74, 6) is 0.949. The molecular weight excluding hydrogens is 354 g/mol. The summed E-state index contributed by atoms with van der Waals surface area (Å²) in [4.78, 5) is 12.7. The molecule has 0 spiro atoms. The molecule has 0 aliphatic heterocycles. The number of ether oxygens (including phenoxy) is 2. The van der Waals surface area contributed by atoms with E-state index in [1.807, 2.05) is 31.2 Å². The van der Waals surface area contributed by atoms with E-state index in [-0.39, 0.29) is 11.5 Å². The number of nitriles is 1. The first kappa shape index (κ1) is 20.8. The zero-order chi connectivity index (χ0) is 20.7. The molecule has 0 saturated carbocycles. The van der Waals surface area contributed by atoms with E-state index in [1.165, 1.54) is 13.3 Å². The Labute approximate surface area is 165 Å². The molecule has 2 N–H and O–H groups in total. The van der Waals surface area contributed by atoms with E-state index in [0.717, 1.165) is 16.8 Å². The van der Waals surface area contributed by atoms with E-state index in [9.17, 15) is 10.1 Å². The molecule has 0 aliphatic rings. The number of hydrogen-bond acceptors (Lipinski definition) is 5. The van der Waals surface area contributed by atoms with E-state index in [1.54, 1.807) is 25.3 Å². The fourth-order valence-corrected chi connectivity index (χ4v) is 2.74. The summed E-state index contributed by atoms with van der Waals surface area (Å²) in [6, 6.07) is 13.0. The van der Waals surface area contributed by atoms with Crippen molar-refractivity contribution in [3.05, 3.63) is 59.3 Å². The second-order valence-electron chi connectivity index (χ2n) is 6.53. The van der Waals surface area contributed by atoms with Crippen molar-refractivity contribution in [1.29, 1.82) is 5.26 Å². The molecule has 1 amide bonds. The molecule has 6 heteroatoms. The first-order chi connectivity index (χ1) is 13.4. The molecule has 0 fully saturated rings. The molecule has 2 aromatic carbocycles. The Morgan fingerprint density at radius 1 is 1.18 bits per heavy atom. The fourth-order valence-electron chi connectivity index (χ4n) is 2.74. The molecule has 0 atom stereocenters. The van der Waals surface area contributed by atoms with Gasteiger partial charge in [0, 0.05) is 18.0 Å². The van der Waals surface area contributed by atoms with Crippen molar-refractivity contribution < 1.29 is 14.3 Å². The van der Waals surface area contributed by atoms with E-state index in [2.05, 4.69) is 24.5 Å². The van der Waals surface area contributed by atoms with Gasteiger partial charge in [0.05, 0.1) is 19.9 Å². The van der Waals surface area contributed by atoms with Gasteiger partial charge in [-0.2, -0.15) is 5.26 Å². The summed E-state index contributed by atoms with van der Waals surface area (Å²) in [5.41, 5.74) is 3.28. The third-order valence-electron chi connectivity index (χ3n) is 4.31. The molecule has 0 aromatic heterocycles. The lowest BCUT2D eigenvalue weighted by Crippen LogP contribution is -2.17. The molecule has 6 nitrogen and oxygen atoms in total. The number of nitrogens with one attached hydrogen (secondary N) is 2. The Morgan fingerprint density at radius 2 is 1.93 bits per heavy atom. The van der Waals surface area contributed by atoms with E-state index in [0.29, 0.717) is 17.2 Å². The number of carbonyl (C=O) groups is 1. The summed E-state index contributed by atoms with van der Waals surface area (Å²) >= 11 is 0. The van der Waals surface area contributed by atoms with Gasteiger partial charge in [0.15, 0.2) is 0 Å². The lowest BCUT2D eigenvalue weighted by molar-refractivity contribution is -0.112. The molecule has 0 heterocycles. The molecular formula is C22H25N3O3. The average Bonchev–Trinajstić information content (AvgIpc) is 2.69. The number of methoxy groups -OCH3 is 2. The highest BCUT2D eigenvalue weighted by molar-refractivity contribution is 6.07. The number of nitrogens with zero attached hydrogens (tertiary/aromatic N) is 1. The Bertz CT molecular complexity index is 927. The molecule has 0 saturated heterocycles. The highest BCUT2D eigenvalue weighted by Gasteiger charge is 2.15. The molecule has 28 heavy (non-hydrogen) atoms. The van der Waals surface area contributed by atoms with Crippen LogP contribution in [0.15, 0.2) is 48.2 Å². The number of aryl methyl sites for hydroxylation is 1. The highest BCUT2D eigenvalue weighted by atomic mass is 16.5. The van der Waals surface area contributed by atoms with Crippen molar-refractivity contribution in [2.24, 2.45) is 0 Å². The molecule has 146 valence electrons. The monoisotopic (exact) mass is 379 g/mol. The largest absolute Gasteiger partial charge is 0.497 e. The van der Waals surface area contributed by atoms with Crippen molar-refractivity contribution >= 4 is 17.3 Å². The number of anilines is 2. The van der Waals surface area contributed by atoms with Gasteiger partial charge < -0.3 is 20.1 Å². The second-order valence-corrected chi connectivity index (χ2v) is 6.53. The lowest BCUT2D eigenvalue weighted by Gasteiger charge is -2.16. The van der Waals surface area contributed by atoms with Crippen LogP contribution in [0.3, 0.4) is 0 Å². The lowest BCUT2D eigenvalue weighted by atomic mass is 9.98. The number of amides is 1. The predicted molar refractivity (Wildman–Crippen MR) is 111 cm³/mol. The van der Waals surface area contributed by atoms with Gasteiger partial charge in [-0.1, -0.05) is 32.0 Å². The zero-order valence-corrected chi connectivity index (χ0v) is 16.8. The van der Waals surface area contributed by atoms with Crippen LogP contribution in [0.2, 0.25) is 0 Å². The average molecular weight is 379 g/mol. The fraction of sp³-hybridized carbons (Fsp3) is 0.273. The summed E-state index contributed by atoms with van der Waals surface area (Å²) in [7, 11) is 3.10. The van der Waals surface area contributed by atoms with Crippen LogP contribution < -0.4 is 20.1 Å². The van der Waals surface area contributed by atoms with Gasteiger partial charge in [-0.15, -0.1) is 0 Å². The van der Waals surface area contributed by atoms with Gasteiger partial charge in [0.25, 0.3) is 5.91 Å². The number of carbonyl (C=O) groups excluding carboxylic acids is 1. The van der Waals surface area contributed by atoms with E-state index in [4.69, 9.17) is 9.47 Å². The van der Waals surface area contributed by atoms with Crippen LogP contribution in [0.5, 0.6) is 11.5 Å². The van der Waals surface area contributed by atoms with E-state index < -0.39 is 5.91 Å². The second kappa shape index (κ2) is 9.47. The van der Waals surface area contributed by atoms with Crippen molar-refractivity contribution in [2.75, 3.05) is 24.9 Å². The zero-order valence-electron chi connectivity index (χ0n) is 16.8. The van der Waals surface area contributed by atoms with Crippen molar-refractivity contribution in [3.8, 4) is 17.6 Å². The molecule has 0 aliphatic carbocycles. The third kappa shape index (κ3) is 4.83. The third-order valence-corrected chi connectivity index (χ3v) is 4.31. The minimum absolute atomic E-state index is 0.0455. The Kier molecular flexibility index (Phi) is 7.05. The van der Waals surface area contributed by atoms with Crippen LogP contribution in [0.25, 0.3) is 0 Å². The summed E-state index contributed by atoms with van der Waals surface area (Å²) in [6.07, 6.45) is 1.37. The Hall–Kier alpha value is -3.46. The summed E-state index contributed by atoms with van der Waals surface area (Å²) in [5, 5.41) is 15.3. The summed E-state index contributed by atoms with van der Waals surface area (Å²) in [6.45, 7) is 6.05. The van der Waals surface area contributed by atoms with Gasteiger partial charge in [-0.05, 0) is 36.1 Å². The number of benzene rings is 2. The molecule has 0 bridgehead atoms. The highest BCUT2D eigenvalue weighted by Crippen LogP contribution is 2.30. The van der Waals surface area contributed by atoms with Crippen LogP contribution in [-0.4, -0.2) is 20.1 Å². The minimum Gasteiger partial charge on any atom is -0.497 e. The molecule has 0 radical (unpaired) electrons. The van der Waals surface area contributed by atoms with Crippen LogP contribution in [0, 0.1) is 18.3 Å². The SMILES string of the molecule is COc1ccc(N/C=C(/C#N)C(=O)Nc2c(C)cccc2C(C)C)c(OC)c1. The first-order valence-corrected chi connectivity index (χ1v) is 8.91. The van der Waals surface area contributed by atoms with E-state index >= 15 is 0 Å². The van der Waals surface area contributed by atoms with Crippen molar-refractivity contribution in [3.63, 3.8) is 0 Å². The Balaban J connectivity index is 2.25. The maximum Gasteiger partial charge on any atom is 0.267 e. The maximum absolute atomic E-state index is 12.7. The first-order valence-electron chi connectivity index (χ1n) is 8.91. The maximum atomic E-state index is 12.7. The van der Waals surface area contributed by atoms with Crippen LogP contribution in [0.1, 0.15) is 30.9 Å². The van der Waals surface area contributed by atoms with Gasteiger partial charge in [0.1, 0.15) is 23.1 Å². The van der Waals surface area contributed by atoms with Gasteiger partial charge in [-0.3, -0.25) is 4.79 Å². The quantitative estimate of drug-likeness (QED) is 0.543. The van der Waals surface area contributed by atoms with Gasteiger partial charge >= 0.3 is 0 Å². The van der Waals surface area contributed by atoms with Gasteiger partial charge in [-0.25, -0.2) is 0 Å². The standard InChI is InChI=1S/C22H25N3O3/c1-14(2)18-8-6-7-15(3)21(18)25-22(26)16(12-23)13-24-19-10-9-17(27-4)11-20(19)28-5/h6-11,13-14,24H,1-5H3,(H,25,26)/b16-13-. The molecule has 2 rings (SSSR count). The smallest absolute Gasteiger partial charge is 0.267 e. The summed E-state index contributed by atoms with van der Waals surface area (Å²) < 4.78 is 10.5. The topological polar surface area (TPSA) is 83.4 Å². The molecule has 2 aromatic rings. The molecule has 0 unspecified atom stereocenters.